The molecule has 2 aromatic heterocycles. The van der Waals surface area contributed by atoms with E-state index in [1.807, 2.05) is 24.4 Å². The molecule has 0 amide bonds. The fourth-order valence-electron chi connectivity index (χ4n) is 3.70. The van der Waals surface area contributed by atoms with Gasteiger partial charge in [-0.05, 0) is 51.1 Å². The van der Waals surface area contributed by atoms with Gasteiger partial charge in [0.1, 0.15) is 11.6 Å². The van der Waals surface area contributed by atoms with Crippen LogP contribution in [0.5, 0.6) is 0 Å². The molecule has 1 fully saturated rings. The molecule has 1 N–H and O–H groups in total. The van der Waals surface area contributed by atoms with Crippen molar-refractivity contribution in [3.63, 3.8) is 0 Å². The fourth-order valence-corrected chi connectivity index (χ4v) is 4.43. The maximum atomic E-state index is 10.6. The van der Waals surface area contributed by atoms with Crippen LogP contribution in [0.3, 0.4) is 0 Å². The Labute approximate surface area is 148 Å². The third-order valence-electron chi connectivity index (χ3n) is 5.04. The molecule has 1 aliphatic rings. The summed E-state index contributed by atoms with van der Waals surface area (Å²) in [5.41, 5.74) is 0. The van der Waals surface area contributed by atoms with Gasteiger partial charge in [0, 0.05) is 17.5 Å². The molecule has 3 heterocycles. The van der Waals surface area contributed by atoms with Crippen molar-refractivity contribution in [2.75, 3.05) is 6.54 Å². The lowest BCUT2D eigenvalue weighted by molar-refractivity contribution is 0.0973. The summed E-state index contributed by atoms with van der Waals surface area (Å²) < 4.78 is 2.19. The maximum absolute atomic E-state index is 10.6. The van der Waals surface area contributed by atoms with Crippen LogP contribution in [-0.4, -0.2) is 37.4 Å². The lowest BCUT2D eigenvalue weighted by atomic mass is 10.0. The van der Waals surface area contributed by atoms with Gasteiger partial charge < -0.3 is 9.67 Å². The van der Waals surface area contributed by atoms with Gasteiger partial charge in [0.05, 0.1) is 12.6 Å². The highest BCUT2D eigenvalue weighted by Crippen LogP contribution is 2.29. The second kappa shape index (κ2) is 8.23. The second-order valence-electron chi connectivity index (χ2n) is 6.65. The number of hydrogen-bond acceptors (Lipinski definition) is 5. The molecular formula is C18H28N4OS. The average Bonchev–Trinajstić information content (AvgIpc) is 3.17. The first-order chi connectivity index (χ1) is 11.7. The number of likely N-dealkylation sites (tertiary alicyclic amines) is 1. The summed E-state index contributed by atoms with van der Waals surface area (Å²) in [6, 6.07) is 4.46. The summed E-state index contributed by atoms with van der Waals surface area (Å²) in [5.74, 6) is 2.03. The number of aliphatic hydroxyl groups is 1. The normalized spacial score (nSPS) is 20.9. The smallest absolute Gasteiger partial charge is 0.147 e. The van der Waals surface area contributed by atoms with E-state index in [0.717, 1.165) is 49.0 Å². The number of aryl methyl sites for hydroxylation is 1. The van der Waals surface area contributed by atoms with E-state index in [1.165, 1.54) is 19.3 Å². The molecule has 1 saturated heterocycles. The molecular weight excluding hydrogens is 320 g/mol. The van der Waals surface area contributed by atoms with Crippen molar-refractivity contribution < 1.29 is 5.11 Å². The van der Waals surface area contributed by atoms with Crippen molar-refractivity contribution in [1.82, 2.24) is 19.7 Å². The van der Waals surface area contributed by atoms with E-state index in [-0.39, 0.29) is 6.10 Å². The number of rotatable bonds is 6. The van der Waals surface area contributed by atoms with Gasteiger partial charge >= 0.3 is 0 Å². The van der Waals surface area contributed by atoms with Crippen molar-refractivity contribution in [1.29, 1.82) is 0 Å². The van der Waals surface area contributed by atoms with Gasteiger partial charge in [0.25, 0.3) is 0 Å². The lowest BCUT2D eigenvalue weighted by Gasteiger charge is -2.31. The molecule has 6 heteroatoms. The summed E-state index contributed by atoms with van der Waals surface area (Å²) in [6.07, 6.45) is 5.35. The number of hydrogen-bond donors (Lipinski definition) is 1. The number of aromatic nitrogens is 3. The molecule has 0 spiro atoms. The monoisotopic (exact) mass is 348 g/mol. The van der Waals surface area contributed by atoms with Gasteiger partial charge in [-0.3, -0.25) is 4.90 Å². The predicted molar refractivity (Wildman–Crippen MR) is 97.0 cm³/mol. The van der Waals surface area contributed by atoms with E-state index in [2.05, 4.69) is 26.6 Å². The standard InChI is InChI=1S/C18H28N4OS/c1-3-22-14(2)19-20-18(22)13-21-10-6-4-5-8-15(21)12-16(23)17-9-7-11-24-17/h7,9,11,15-16,23H,3-6,8,10,12-13H2,1-2H3. The van der Waals surface area contributed by atoms with Gasteiger partial charge in [0.2, 0.25) is 0 Å². The van der Waals surface area contributed by atoms with Crippen molar-refractivity contribution in [2.24, 2.45) is 0 Å². The van der Waals surface area contributed by atoms with Crippen LogP contribution in [0, 0.1) is 6.92 Å². The molecule has 2 aromatic rings. The zero-order valence-electron chi connectivity index (χ0n) is 14.7. The predicted octanol–water partition coefficient (Wildman–Crippen LogP) is 3.54. The molecule has 0 bridgehead atoms. The van der Waals surface area contributed by atoms with Crippen molar-refractivity contribution in [3.8, 4) is 0 Å². The third kappa shape index (κ3) is 4.05. The number of thiophene rings is 1. The zero-order chi connectivity index (χ0) is 16.9. The summed E-state index contributed by atoms with van der Waals surface area (Å²) in [4.78, 5) is 3.59. The summed E-state index contributed by atoms with van der Waals surface area (Å²) in [6.45, 7) is 6.97. The Bertz CT molecular complexity index is 625. The second-order valence-corrected chi connectivity index (χ2v) is 7.63. The SMILES string of the molecule is CCn1c(C)nnc1CN1CCCCCC1CC(O)c1cccs1. The van der Waals surface area contributed by atoms with Gasteiger partial charge in [-0.2, -0.15) is 0 Å². The van der Waals surface area contributed by atoms with Crippen LogP contribution < -0.4 is 0 Å². The van der Waals surface area contributed by atoms with Crippen LogP contribution in [0.2, 0.25) is 0 Å². The van der Waals surface area contributed by atoms with Crippen molar-refractivity contribution in [2.45, 2.75) is 71.2 Å². The molecule has 24 heavy (non-hydrogen) atoms. The van der Waals surface area contributed by atoms with Crippen molar-refractivity contribution in [3.05, 3.63) is 34.0 Å². The molecule has 5 nitrogen and oxygen atoms in total. The van der Waals surface area contributed by atoms with Crippen LogP contribution in [0.15, 0.2) is 17.5 Å². The quantitative estimate of drug-likeness (QED) is 0.867. The lowest BCUT2D eigenvalue weighted by Crippen LogP contribution is -2.36. The molecule has 3 rings (SSSR count). The van der Waals surface area contributed by atoms with E-state index in [0.29, 0.717) is 6.04 Å². The Morgan fingerprint density at radius 3 is 2.96 bits per heavy atom. The minimum absolute atomic E-state index is 0.360. The van der Waals surface area contributed by atoms with Gasteiger partial charge in [-0.25, -0.2) is 0 Å². The van der Waals surface area contributed by atoms with Gasteiger partial charge in [-0.1, -0.05) is 18.9 Å². The third-order valence-corrected chi connectivity index (χ3v) is 6.01. The van der Waals surface area contributed by atoms with Crippen molar-refractivity contribution >= 4 is 11.3 Å². The Morgan fingerprint density at radius 1 is 1.33 bits per heavy atom. The largest absolute Gasteiger partial charge is 0.388 e. The van der Waals surface area contributed by atoms with E-state index >= 15 is 0 Å². The first-order valence-electron chi connectivity index (χ1n) is 9.03. The Kier molecular flexibility index (Phi) is 6.03. The van der Waals surface area contributed by atoms with Crippen LogP contribution in [0.25, 0.3) is 0 Å². The Hall–Kier alpha value is -1.24. The van der Waals surface area contributed by atoms with Crippen LogP contribution in [0.4, 0.5) is 0 Å². The highest BCUT2D eigenvalue weighted by atomic mass is 32.1. The molecule has 1 aliphatic heterocycles. The van der Waals surface area contributed by atoms with E-state index < -0.39 is 0 Å². The molecule has 0 aromatic carbocycles. The number of nitrogens with zero attached hydrogens (tertiary/aromatic N) is 4. The maximum Gasteiger partial charge on any atom is 0.147 e. The highest BCUT2D eigenvalue weighted by Gasteiger charge is 2.26. The molecule has 0 aliphatic carbocycles. The Balaban J connectivity index is 1.72. The average molecular weight is 349 g/mol. The number of aliphatic hydroxyl groups excluding tert-OH is 1. The zero-order valence-corrected chi connectivity index (χ0v) is 15.5. The van der Waals surface area contributed by atoms with Crippen LogP contribution >= 0.6 is 11.3 Å². The summed E-state index contributed by atoms with van der Waals surface area (Å²) >= 11 is 1.64. The molecule has 2 atom stereocenters. The van der Waals surface area contributed by atoms with Crippen LogP contribution in [-0.2, 0) is 13.1 Å². The molecule has 0 radical (unpaired) electrons. The van der Waals surface area contributed by atoms with E-state index in [9.17, 15) is 5.11 Å². The topological polar surface area (TPSA) is 54.2 Å². The molecule has 0 saturated carbocycles. The van der Waals surface area contributed by atoms with E-state index in [4.69, 9.17) is 0 Å². The van der Waals surface area contributed by atoms with E-state index in [1.54, 1.807) is 11.3 Å². The summed E-state index contributed by atoms with van der Waals surface area (Å²) in [5, 5.41) is 21.3. The first-order valence-corrected chi connectivity index (χ1v) is 9.91. The summed E-state index contributed by atoms with van der Waals surface area (Å²) in [7, 11) is 0. The molecule has 132 valence electrons. The minimum atomic E-state index is -0.360. The van der Waals surface area contributed by atoms with Gasteiger partial charge in [-0.15, -0.1) is 21.5 Å². The minimum Gasteiger partial charge on any atom is -0.388 e. The first kappa shape index (κ1) is 17.6. The fraction of sp³-hybridized carbons (Fsp3) is 0.667. The Morgan fingerprint density at radius 2 is 2.21 bits per heavy atom. The molecule has 2 unspecified atom stereocenters. The highest BCUT2D eigenvalue weighted by molar-refractivity contribution is 7.10. The van der Waals surface area contributed by atoms with Gasteiger partial charge in [0.15, 0.2) is 0 Å². The van der Waals surface area contributed by atoms with Crippen LogP contribution in [0.1, 0.15) is 61.7 Å².